The van der Waals surface area contributed by atoms with E-state index in [0.717, 1.165) is 15.6 Å². The Labute approximate surface area is 193 Å². The van der Waals surface area contributed by atoms with Crippen LogP contribution in [0.4, 0.5) is 5.69 Å². The molecule has 3 nitrogen and oxygen atoms in total. The van der Waals surface area contributed by atoms with E-state index >= 15 is 0 Å². The van der Waals surface area contributed by atoms with Gasteiger partial charge in [0.05, 0.1) is 5.92 Å². The highest BCUT2D eigenvalue weighted by molar-refractivity contribution is 9.10. The zero-order valence-corrected chi connectivity index (χ0v) is 19.0. The largest absolute Gasteiger partial charge is 0.362 e. The Bertz CT molecular complexity index is 892. The van der Waals surface area contributed by atoms with Crippen molar-refractivity contribution in [3.8, 4) is 0 Å². The van der Waals surface area contributed by atoms with Crippen molar-refractivity contribution in [1.82, 2.24) is 5.32 Å². The second-order valence-electron chi connectivity index (χ2n) is 6.39. The Hall–Kier alpha value is -1.72. The van der Waals surface area contributed by atoms with E-state index < -0.39 is 15.9 Å². The summed E-state index contributed by atoms with van der Waals surface area (Å²) in [6.45, 7) is 0. The number of nitrogens with one attached hydrogen (secondary N) is 2. The maximum absolute atomic E-state index is 13.3. The number of anilines is 1. The molecule has 3 aromatic rings. The van der Waals surface area contributed by atoms with Crippen LogP contribution in [0, 0.1) is 0 Å². The second-order valence-corrected chi connectivity index (χ2v) is 9.67. The number of hydrogen-bond acceptors (Lipinski definition) is 2. The minimum absolute atomic E-state index is 0.275. The van der Waals surface area contributed by atoms with Crippen LogP contribution in [0.1, 0.15) is 17.0 Å². The van der Waals surface area contributed by atoms with Crippen LogP contribution in [0.2, 0.25) is 0 Å². The fraction of sp³-hybridized carbons (Fsp3) is 0.136. The van der Waals surface area contributed by atoms with Gasteiger partial charge in [-0.2, -0.15) is 0 Å². The molecule has 0 aliphatic rings. The van der Waals surface area contributed by atoms with Crippen LogP contribution >= 0.6 is 50.7 Å². The molecule has 3 rings (SSSR count). The first-order valence-electron chi connectivity index (χ1n) is 8.83. The predicted octanol–water partition coefficient (Wildman–Crippen LogP) is 6.51. The Kier molecular flexibility index (Phi) is 7.47. The van der Waals surface area contributed by atoms with Crippen molar-refractivity contribution in [1.29, 1.82) is 0 Å². The van der Waals surface area contributed by atoms with Crippen molar-refractivity contribution in [2.75, 3.05) is 5.32 Å². The molecule has 0 aromatic heterocycles. The van der Waals surface area contributed by atoms with E-state index in [9.17, 15) is 4.79 Å². The molecular formula is C22H18BrCl3N2O. The van der Waals surface area contributed by atoms with Gasteiger partial charge < -0.3 is 10.6 Å². The Morgan fingerprint density at radius 2 is 1.28 bits per heavy atom. The number of alkyl halides is 3. The molecule has 29 heavy (non-hydrogen) atoms. The summed E-state index contributed by atoms with van der Waals surface area (Å²) < 4.78 is -0.841. The summed E-state index contributed by atoms with van der Waals surface area (Å²) in [4.78, 5) is 13.3. The molecule has 150 valence electrons. The van der Waals surface area contributed by atoms with Gasteiger partial charge >= 0.3 is 0 Å². The van der Waals surface area contributed by atoms with E-state index in [1.807, 2.05) is 84.9 Å². The molecule has 0 bridgehead atoms. The summed E-state index contributed by atoms with van der Waals surface area (Å²) in [6, 6.07) is 26.4. The third-order valence-corrected chi connectivity index (χ3v) is 5.48. The minimum atomic E-state index is -1.76. The van der Waals surface area contributed by atoms with Crippen molar-refractivity contribution in [2.45, 2.75) is 15.9 Å². The standard InChI is InChI=1S/C22H18BrCl3N2O/c23-17-11-13-18(14-12-17)27-21(22(24,25)26)28-20(29)19(15-7-3-1-4-8-15)16-9-5-2-6-10-16/h1-14,19,21,27H,(H,28,29)/t21-/m0/s1. The minimum Gasteiger partial charge on any atom is -0.362 e. The molecule has 0 spiro atoms. The molecule has 1 amide bonds. The molecule has 2 N–H and O–H groups in total. The van der Waals surface area contributed by atoms with E-state index in [2.05, 4.69) is 26.6 Å². The van der Waals surface area contributed by atoms with Gasteiger partial charge in [-0.3, -0.25) is 4.79 Å². The quantitative estimate of drug-likeness (QED) is 0.292. The van der Waals surface area contributed by atoms with Crippen LogP contribution in [0.25, 0.3) is 0 Å². The number of rotatable bonds is 6. The van der Waals surface area contributed by atoms with E-state index in [4.69, 9.17) is 34.8 Å². The monoisotopic (exact) mass is 510 g/mol. The lowest BCUT2D eigenvalue weighted by Gasteiger charge is -2.29. The fourth-order valence-corrected chi connectivity index (χ4v) is 3.52. The van der Waals surface area contributed by atoms with Gasteiger partial charge in [-0.15, -0.1) is 0 Å². The zero-order valence-electron chi connectivity index (χ0n) is 15.2. The molecule has 0 unspecified atom stereocenters. The van der Waals surface area contributed by atoms with E-state index in [1.165, 1.54) is 0 Å². The van der Waals surface area contributed by atoms with Crippen LogP contribution in [-0.4, -0.2) is 15.9 Å². The first-order chi connectivity index (χ1) is 13.8. The highest BCUT2D eigenvalue weighted by Gasteiger charge is 2.36. The first-order valence-corrected chi connectivity index (χ1v) is 10.8. The molecule has 0 radical (unpaired) electrons. The summed E-state index contributed by atoms with van der Waals surface area (Å²) in [5.74, 6) is -0.817. The first kappa shape index (κ1) is 22.0. The summed E-state index contributed by atoms with van der Waals surface area (Å²) in [5, 5.41) is 5.95. The van der Waals surface area contributed by atoms with Crippen LogP contribution in [0.3, 0.4) is 0 Å². The van der Waals surface area contributed by atoms with Gasteiger partial charge in [-0.05, 0) is 35.4 Å². The predicted molar refractivity (Wildman–Crippen MR) is 125 cm³/mol. The molecule has 0 aliphatic heterocycles. The highest BCUT2D eigenvalue weighted by atomic mass is 79.9. The van der Waals surface area contributed by atoms with E-state index in [0.29, 0.717) is 5.69 Å². The van der Waals surface area contributed by atoms with Gasteiger partial charge in [0, 0.05) is 10.2 Å². The van der Waals surface area contributed by atoms with Crippen molar-refractivity contribution >= 4 is 62.3 Å². The molecule has 0 fully saturated rings. The number of benzene rings is 3. The number of carbonyl (C=O) groups is 1. The lowest BCUT2D eigenvalue weighted by Crippen LogP contribution is -2.50. The molecule has 0 heterocycles. The van der Waals surface area contributed by atoms with Crippen LogP contribution in [-0.2, 0) is 4.79 Å². The lowest BCUT2D eigenvalue weighted by molar-refractivity contribution is -0.122. The Balaban J connectivity index is 1.88. The van der Waals surface area contributed by atoms with E-state index in [1.54, 1.807) is 0 Å². The topological polar surface area (TPSA) is 41.1 Å². The maximum atomic E-state index is 13.3. The van der Waals surface area contributed by atoms with Gasteiger partial charge in [-0.1, -0.05) is 111 Å². The maximum Gasteiger partial charge on any atom is 0.233 e. The lowest BCUT2D eigenvalue weighted by atomic mass is 9.90. The second kappa shape index (κ2) is 9.86. The third kappa shape index (κ3) is 6.13. The van der Waals surface area contributed by atoms with Crippen molar-refractivity contribution in [2.24, 2.45) is 0 Å². The van der Waals surface area contributed by atoms with Gasteiger partial charge in [0.15, 0.2) is 0 Å². The van der Waals surface area contributed by atoms with Gasteiger partial charge in [0.25, 0.3) is 0 Å². The van der Waals surface area contributed by atoms with Crippen LogP contribution < -0.4 is 10.6 Å². The summed E-state index contributed by atoms with van der Waals surface area (Å²) in [5.41, 5.74) is 2.41. The normalized spacial score (nSPS) is 12.4. The van der Waals surface area contributed by atoms with Gasteiger partial charge in [0.2, 0.25) is 9.70 Å². The average molecular weight is 513 g/mol. The van der Waals surface area contributed by atoms with Crippen LogP contribution in [0.5, 0.6) is 0 Å². The number of carbonyl (C=O) groups excluding carboxylic acids is 1. The molecule has 0 aliphatic carbocycles. The van der Waals surface area contributed by atoms with Crippen molar-refractivity contribution < 1.29 is 4.79 Å². The molecule has 7 heteroatoms. The number of amides is 1. The smallest absolute Gasteiger partial charge is 0.233 e. The molecule has 1 atom stereocenters. The van der Waals surface area contributed by atoms with Gasteiger partial charge in [0.1, 0.15) is 6.17 Å². The summed E-state index contributed by atoms with van der Waals surface area (Å²) >= 11 is 21.9. The third-order valence-electron chi connectivity index (χ3n) is 4.30. The molecule has 0 saturated heterocycles. The number of halogens is 4. The van der Waals surface area contributed by atoms with Crippen molar-refractivity contribution in [3.05, 3.63) is 101 Å². The van der Waals surface area contributed by atoms with E-state index in [-0.39, 0.29) is 5.91 Å². The molecule has 0 saturated carbocycles. The SMILES string of the molecule is O=C(N[C@H](Nc1ccc(Br)cc1)C(Cl)(Cl)Cl)C(c1ccccc1)c1ccccc1. The molecular weight excluding hydrogens is 495 g/mol. The Morgan fingerprint density at radius 1 is 0.793 bits per heavy atom. The fourth-order valence-electron chi connectivity index (χ4n) is 2.92. The Morgan fingerprint density at radius 3 is 1.72 bits per heavy atom. The van der Waals surface area contributed by atoms with Crippen molar-refractivity contribution in [3.63, 3.8) is 0 Å². The van der Waals surface area contributed by atoms with Gasteiger partial charge in [-0.25, -0.2) is 0 Å². The van der Waals surface area contributed by atoms with Crippen LogP contribution in [0.15, 0.2) is 89.4 Å². The highest BCUT2D eigenvalue weighted by Crippen LogP contribution is 2.33. The average Bonchev–Trinajstić information content (AvgIpc) is 2.70. The zero-order chi connectivity index (χ0) is 20.9. The number of hydrogen-bond donors (Lipinski definition) is 2. The molecule has 3 aromatic carbocycles. The summed E-state index contributed by atoms with van der Waals surface area (Å²) in [6.07, 6.45) is -0.934. The summed E-state index contributed by atoms with van der Waals surface area (Å²) in [7, 11) is 0.